The highest BCUT2D eigenvalue weighted by atomic mass is 32.1. The fourth-order valence-corrected chi connectivity index (χ4v) is 9.05. The Morgan fingerprint density at radius 2 is 1.29 bits per heavy atom. The van der Waals surface area contributed by atoms with E-state index in [9.17, 15) is 58.8 Å². The minimum atomic E-state index is -1.04. The van der Waals surface area contributed by atoms with Gasteiger partial charge in [0, 0.05) is 88.5 Å². The highest BCUT2D eigenvalue weighted by Gasteiger charge is 2.33. The minimum Gasteiger partial charge on any atom is -0.508 e. The lowest BCUT2D eigenvalue weighted by atomic mass is 9.86. The number of amides is 3. The number of carbonyl (C=O) groups excluding carboxylic acids is 5. The molecule has 2 unspecified atom stereocenters. The van der Waals surface area contributed by atoms with Crippen molar-refractivity contribution in [3.8, 4) is 5.75 Å². The number of aromatic hydroxyl groups is 1. The smallest absolute Gasteiger partial charge is 0.317 e. The molecule has 1 fully saturated rings. The lowest BCUT2D eigenvalue weighted by molar-refractivity contribution is -0.140. The van der Waals surface area contributed by atoms with Gasteiger partial charge in [0.15, 0.2) is 5.78 Å². The molecule has 3 amide bonds. The molecule has 0 aliphatic carbocycles. The summed E-state index contributed by atoms with van der Waals surface area (Å²) in [4.78, 5) is 106. The third-order valence-corrected chi connectivity index (χ3v) is 13.4. The number of nitrogens with zero attached hydrogens (tertiary/aromatic N) is 3. The maximum absolute atomic E-state index is 13.9. The van der Waals surface area contributed by atoms with Crippen molar-refractivity contribution in [2.75, 3.05) is 57.7 Å². The Balaban J connectivity index is 1.32. The molecule has 0 aromatic heterocycles. The zero-order chi connectivity index (χ0) is 53.6. The molecule has 1 heterocycles. The molecule has 5 atom stereocenters. The monoisotopic (exact) mass is 1030 g/mol. The number of aliphatic carboxylic acids is 3. The number of thiocarbonyl (C=S) groups is 1. The Hall–Kier alpha value is -6.61. The van der Waals surface area contributed by atoms with Gasteiger partial charge in [0.05, 0.1) is 30.7 Å². The highest BCUT2D eigenvalue weighted by Crippen LogP contribution is 2.22. The van der Waals surface area contributed by atoms with Gasteiger partial charge in [-0.3, -0.25) is 48.3 Å². The molecule has 3 aromatic rings. The lowest BCUT2D eigenvalue weighted by Crippen LogP contribution is -2.49. The van der Waals surface area contributed by atoms with E-state index in [1.165, 1.54) is 19.1 Å². The number of phenolic OH excluding ortho intramolecular Hbond substituents is 1. The second kappa shape index (κ2) is 29.8. The van der Waals surface area contributed by atoms with E-state index in [1.807, 2.05) is 62.4 Å². The first kappa shape index (κ1) is 59.0. The molecule has 0 bridgehead atoms. The van der Waals surface area contributed by atoms with Crippen LogP contribution in [0.1, 0.15) is 81.5 Å². The summed E-state index contributed by atoms with van der Waals surface area (Å²) in [5.41, 5.74) is 9.63. The number of carboxylic acids is 3. The summed E-state index contributed by atoms with van der Waals surface area (Å²) >= 11 is 5.67. The minimum absolute atomic E-state index is 0.0274. The summed E-state index contributed by atoms with van der Waals surface area (Å²) in [6.45, 7) is 5.99. The van der Waals surface area contributed by atoms with Gasteiger partial charge in [-0.15, -0.1) is 0 Å². The van der Waals surface area contributed by atoms with E-state index in [0.717, 1.165) is 27.9 Å². The first-order chi connectivity index (χ1) is 34.7. The van der Waals surface area contributed by atoms with E-state index in [2.05, 4.69) is 16.0 Å². The van der Waals surface area contributed by atoms with Crippen LogP contribution in [0.25, 0.3) is 0 Å². The van der Waals surface area contributed by atoms with E-state index in [1.54, 1.807) is 26.8 Å². The van der Waals surface area contributed by atoms with Crippen LogP contribution in [-0.4, -0.2) is 152 Å². The Labute approximate surface area is 431 Å². The molecule has 20 heteroatoms. The number of phenols is 1. The summed E-state index contributed by atoms with van der Waals surface area (Å²) in [6, 6.07) is 20.2. The fraction of sp³-hybridized carbons (Fsp3) is 0.491. The van der Waals surface area contributed by atoms with Gasteiger partial charge < -0.3 is 46.9 Å². The Morgan fingerprint density at radius 1 is 0.712 bits per heavy atom. The van der Waals surface area contributed by atoms with Crippen molar-refractivity contribution in [3.05, 3.63) is 95.1 Å². The summed E-state index contributed by atoms with van der Waals surface area (Å²) < 4.78 is 0. The SMILES string of the molecule is CCC(C)[C@H](NC(=O)[C@@H](CC(C)=O)Cc1ccc(O)cc1)C(=O)C[C@@H](CCC(N)=O)C(=O)NCc1ccc(CCC(=S)Nc2ccc(CC3CN(CC(=O)O)CCN(CC(=O)O)CCN3CC(=O)O)cc2)cc1. The highest BCUT2D eigenvalue weighted by molar-refractivity contribution is 7.80. The number of carboxylic acid groups (broad SMARTS) is 3. The number of benzene rings is 3. The predicted octanol–water partition coefficient (Wildman–Crippen LogP) is 3.67. The number of primary amides is 1. The molecule has 4 rings (SSSR count). The van der Waals surface area contributed by atoms with Crippen LogP contribution in [0, 0.1) is 17.8 Å². The Morgan fingerprint density at radius 3 is 1.89 bits per heavy atom. The summed E-state index contributed by atoms with van der Waals surface area (Å²) in [5.74, 6) is -7.11. The molecule has 73 heavy (non-hydrogen) atoms. The van der Waals surface area contributed by atoms with Crippen LogP contribution in [0.15, 0.2) is 72.8 Å². The van der Waals surface area contributed by atoms with Crippen LogP contribution < -0.4 is 21.7 Å². The number of nitrogens with one attached hydrogen (secondary N) is 3. The van der Waals surface area contributed by atoms with Gasteiger partial charge in [0.25, 0.3) is 0 Å². The van der Waals surface area contributed by atoms with Gasteiger partial charge in [-0.25, -0.2) is 0 Å². The van der Waals surface area contributed by atoms with Gasteiger partial charge in [-0.1, -0.05) is 81.0 Å². The summed E-state index contributed by atoms with van der Waals surface area (Å²) in [5, 5.41) is 47.4. The molecule has 0 radical (unpaired) electrons. The molecule has 1 aliphatic heterocycles. The molecular weight excluding hydrogens is 959 g/mol. The second-order valence-corrected chi connectivity index (χ2v) is 19.5. The molecular formula is C53H71N7O12S. The third kappa shape index (κ3) is 21.6. The van der Waals surface area contributed by atoms with E-state index >= 15 is 0 Å². The predicted molar refractivity (Wildman–Crippen MR) is 278 cm³/mol. The van der Waals surface area contributed by atoms with Crippen molar-refractivity contribution >= 4 is 70.1 Å². The average Bonchev–Trinajstić information content (AvgIpc) is 3.39. The van der Waals surface area contributed by atoms with E-state index in [4.69, 9.17) is 18.0 Å². The molecule has 9 N–H and O–H groups in total. The number of carbonyl (C=O) groups is 8. The molecule has 19 nitrogen and oxygen atoms in total. The van der Waals surface area contributed by atoms with Crippen LogP contribution in [0.4, 0.5) is 5.69 Å². The van der Waals surface area contributed by atoms with Crippen molar-refractivity contribution in [1.29, 1.82) is 0 Å². The van der Waals surface area contributed by atoms with Crippen molar-refractivity contribution in [2.45, 2.75) is 97.2 Å². The van der Waals surface area contributed by atoms with Crippen molar-refractivity contribution in [1.82, 2.24) is 25.3 Å². The number of aryl methyl sites for hydroxylation is 1. The molecule has 3 aromatic carbocycles. The number of hydrogen-bond acceptors (Lipinski definition) is 13. The Bertz CT molecular complexity index is 2370. The number of anilines is 1. The molecule has 0 saturated carbocycles. The van der Waals surface area contributed by atoms with Gasteiger partial charge in [0.1, 0.15) is 11.5 Å². The standard InChI is InChI=1S/C53H71N7O12S/c1-4-34(2)51(57-53(72)41(25-35(3)61)26-37-11-17-44(62)18-12-37)45(63)28-40(14-19-46(54)64)52(71)55-29-39-7-5-36(6-8-39)13-20-47(73)56-42-15-9-38(10-16-42)27-43-30-59(32-49(67)68)22-21-58(31-48(65)66)23-24-60(43)33-50(69)70/h5-12,15-18,34,40-41,43,51,62H,4,13-14,19-33H2,1-3H3,(H2,54,64)(H,55,71)(H,56,73)(H,57,72)(H,65,66)(H,67,68)(H,69,70)/t34?,40-,41+,43?,51+/m1/s1. The number of hydrogen-bond donors (Lipinski definition) is 8. The van der Waals surface area contributed by atoms with Gasteiger partial charge >= 0.3 is 17.9 Å². The quantitative estimate of drug-likeness (QED) is 0.0460. The van der Waals surface area contributed by atoms with Crippen molar-refractivity contribution in [3.63, 3.8) is 0 Å². The van der Waals surface area contributed by atoms with Gasteiger partial charge in [-0.05, 0) is 85.0 Å². The number of Topliss-reactive ketones (excluding diaryl/α,β-unsaturated/α-hetero) is 2. The fourth-order valence-electron chi connectivity index (χ4n) is 8.83. The topological polar surface area (TPSA) is 289 Å². The first-order valence-electron chi connectivity index (χ1n) is 24.6. The van der Waals surface area contributed by atoms with E-state index in [0.29, 0.717) is 56.9 Å². The van der Waals surface area contributed by atoms with E-state index in [-0.39, 0.29) is 94.1 Å². The first-order valence-corrected chi connectivity index (χ1v) is 25.1. The van der Waals surface area contributed by atoms with Gasteiger partial charge in [-0.2, -0.15) is 0 Å². The molecule has 1 aliphatic rings. The third-order valence-electron chi connectivity index (χ3n) is 13.1. The maximum Gasteiger partial charge on any atom is 0.317 e. The van der Waals surface area contributed by atoms with Crippen molar-refractivity contribution in [2.24, 2.45) is 23.5 Å². The van der Waals surface area contributed by atoms with Crippen LogP contribution in [0.3, 0.4) is 0 Å². The van der Waals surface area contributed by atoms with Crippen LogP contribution >= 0.6 is 12.2 Å². The zero-order valence-electron chi connectivity index (χ0n) is 41.9. The maximum atomic E-state index is 13.9. The number of nitrogens with two attached hydrogens (primary N) is 1. The van der Waals surface area contributed by atoms with E-state index < -0.39 is 53.5 Å². The van der Waals surface area contributed by atoms with Crippen LogP contribution in [0.5, 0.6) is 5.75 Å². The number of ketones is 2. The average molecular weight is 1030 g/mol. The second-order valence-electron chi connectivity index (χ2n) is 19.0. The molecule has 0 spiro atoms. The molecule has 1 saturated heterocycles. The normalized spacial score (nSPS) is 16.3. The Kier molecular flexibility index (Phi) is 24.1. The molecule has 396 valence electrons. The van der Waals surface area contributed by atoms with Gasteiger partial charge in [0.2, 0.25) is 17.7 Å². The zero-order valence-corrected chi connectivity index (χ0v) is 42.7. The number of rotatable bonds is 29. The van der Waals surface area contributed by atoms with Crippen LogP contribution in [-0.2, 0) is 64.2 Å². The largest absolute Gasteiger partial charge is 0.508 e. The lowest BCUT2D eigenvalue weighted by Gasteiger charge is -2.33. The summed E-state index contributed by atoms with van der Waals surface area (Å²) in [6.07, 6.45) is 1.93. The van der Waals surface area contributed by atoms with Crippen molar-refractivity contribution < 1.29 is 58.8 Å². The summed E-state index contributed by atoms with van der Waals surface area (Å²) in [7, 11) is 0. The van der Waals surface area contributed by atoms with Crippen LogP contribution in [0.2, 0.25) is 0 Å².